The van der Waals surface area contributed by atoms with Gasteiger partial charge in [0.1, 0.15) is 17.5 Å². The Morgan fingerprint density at radius 3 is 3.18 bits per heavy atom. The largest absolute Gasteiger partial charge is 0.309 e. The number of carbonyl (C=O) groups excluding carboxylic acids is 1. The number of amides is 1. The van der Waals surface area contributed by atoms with Gasteiger partial charge in [-0.1, -0.05) is 6.42 Å². The third-order valence-electron chi connectivity index (χ3n) is 2.77. The van der Waals surface area contributed by atoms with Crippen LogP contribution >= 0.6 is 11.8 Å². The number of hydrogen-bond acceptors (Lipinski definition) is 4. The van der Waals surface area contributed by atoms with E-state index in [1.807, 2.05) is 6.07 Å². The number of nitriles is 1. The second-order valence-electron chi connectivity index (χ2n) is 3.99. The molecule has 0 bridgehead atoms. The van der Waals surface area contributed by atoms with Gasteiger partial charge in [-0.3, -0.25) is 9.48 Å². The zero-order chi connectivity index (χ0) is 12.3. The Balaban J connectivity index is 2.07. The van der Waals surface area contributed by atoms with Gasteiger partial charge in [0.05, 0.1) is 11.4 Å². The van der Waals surface area contributed by atoms with E-state index in [0.29, 0.717) is 11.4 Å². The molecule has 2 rings (SSSR count). The number of hydrogen-bond donors (Lipinski definition) is 1. The van der Waals surface area contributed by atoms with Crippen molar-refractivity contribution < 1.29 is 4.79 Å². The summed E-state index contributed by atoms with van der Waals surface area (Å²) in [5.41, 5.74) is 0.404. The number of carbonyl (C=O) groups is 1. The molecule has 1 fully saturated rings. The summed E-state index contributed by atoms with van der Waals surface area (Å²) in [5, 5.41) is 15.7. The maximum Gasteiger partial charge on any atom is 0.238 e. The van der Waals surface area contributed by atoms with Gasteiger partial charge < -0.3 is 5.32 Å². The van der Waals surface area contributed by atoms with E-state index in [2.05, 4.69) is 10.4 Å². The Kier molecular flexibility index (Phi) is 3.69. The quantitative estimate of drug-likeness (QED) is 0.863. The Bertz CT molecular complexity index is 457. The Morgan fingerprint density at radius 2 is 2.53 bits per heavy atom. The smallest absolute Gasteiger partial charge is 0.238 e. The zero-order valence-corrected chi connectivity index (χ0v) is 10.5. The summed E-state index contributed by atoms with van der Waals surface area (Å²) in [6, 6.07) is 2.02. The molecule has 5 nitrogen and oxygen atoms in total. The van der Waals surface area contributed by atoms with Crippen molar-refractivity contribution in [2.45, 2.75) is 24.5 Å². The number of anilines is 1. The highest BCUT2D eigenvalue weighted by Gasteiger charge is 2.23. The highest BCUT2D eigenvalue weighted by Crippen LogP contribution is 2.26. The predicted octanol–water partition coefficient (Wildman–Crippen LogP) is 1.52. The molecule has 1 unspecified atom stereocenters. The highest BCUT2D eigenvalue weighted by molar-refractivity contribution is 8.00. The van der Waals surface area contributed by atoms with Gasteiger partial charge in [0.2, 0.25) is 5.91 Å². The summed E-state index contributed by atoms with van der Waals surface area (Å²) in [6.07, 6.45) is 4.66. The van der Waals surface area contributed by atoms with Crippen LogP contribution in [0.5, 0.6) is 0 Å². The molecule has 90 valence electrons. The fraction of sp³-hybridized carbons (Fsp3) is 0.545. The monoisotopic (exact) mass is 250 g/mol. The van der Waals surface area contributed by atoms with E-state index in [-0.39, 0.29) is 11.2 Å². The third kappa shape index (κ3) is 2.61. The normalized spacial score (nSPS) is 19.6. The molecule has 0 saturated carbocycles. The van der Waals surface area contributed by atoms with Crippen molar-refractivity contribution in [1.29, 1.82) is 5.26 Å². The molecule has 0 spiro atoms. The van der Waals surface area contributed by atoms with E-state index in [1.54, 1.807) is 18.8 Å². The van der Waals surface area contributed by atoms with Crippen LogP contribution in [0.2, 0.25) is 0 Å². The molecule has 0 aromatic carbocycles. The van der Waals surface area contributed by atoms with Crippen LogP contribution in [0.4, 0.5) is 5.82 Å². The summed E-state index contributed by atoms with van der Waals surface area (Å²) in [6.45, 7) is 0. The van der Waals surface area contributed by atoms with E-state index in [1.165, 1.54) is 17.3 Å². The molecule has 0 aliphatic carbocycles. The Labute approximate surface area is 104 Å². The SMILES string of the molecule is Cn1ncc(C#N)c1NC(=O)C1CCCCS1. The van der Waals surface area contributed by atoms with Crippen molar-refractivity contribution >= 4 is 23.5 Å². The lowest BCUT2D eigenvalue weighted by molar-refractivity contribution is -0.115. The van der Waals surface area contributed by atoms with Crippen molar-refractivity contribution in [2.75, 3.05) is 11.1 Å². The second kappa shape index (κ2) is 5.23. The molecule has 1 saturated heterocycles. The minimum atomic E-state index is -0.0187. The molecule has 17 heavy (non-hydrogen) atoms. The fourth-order valence-corrected chi connectivity index (χ4v) is 3.01. The summed E-state index contributed by atoms with van der Waals surface area (Å²) in [5.74, 6) is 1.51. The number of aromatic nitrogens is 2. The van der Waals surface area contributed by atoms with Crippen LogP contribution < -0.4 is 5.32 Å². The number of thioether (sulfide) groups is 1. The summed E-state index contributed by atoms with van der Waals surface area (Å²) in [4.78, 5) is 12.0. The minimum Gasteiger partial charge on any atom is -0.309 e. The molecule has 0 radical (unpaired) electrons. The van der Waals surface area contributed by atoms with Gasteiger partial charge in [0.15, 0.2) is 0 Å². The van der Waals surface area contributed by atoms with Gasteiger partial charge in [0, 0.05) is 7.05 Å². The topological polar surface area (TPSA) is 70.7 Å². The molecule has 1 aromatic rings. The van der Waals surface area contributed by atoms with Crippen molar-refractivity contribution in [3.8, 4) is 6.07 Å². The Hall–Kier alpha value is -1.48. The first-order chi connectivity index (χ1) is 8.22. The van der Waals surface area contributed by atoms with Gasteiger partial charge in [-0.15, -0.1) is 11.8 Å². The summed E-state index contributed by atoms with van der Waals surface area (Å²) in [7, 11) is 1.71. The number of nitrogens with zero attached hydrogens (tertiary/aromatic N) is 3. The number of aryl methyl sites for hydroxylation is 1. The van der Waals surface area contributed by atoms with Crippen LogP contribution in [0.25, 0.3) is 0 Å². The predicted molar refractivity (Wildman–Crippen MR) is 66.6 cm³/mol. The summed E-state index contributed by atoms with van der Waals surface area (Å²) >= 11 is 1.69. The first kappa shape index (κ1) is 12.0. The zero-order valence-electron chi connectivity index (χ0n) is 9.64. The van der Waals surface area contributed by atoms with Gasteiger partial charge in [-0.25, -0.2) is 0 Å². The molecule has 1 amide bonds. The number of nitrogens with one attached hydrogen (secondary N) is 1. The van der Waals surface area contributed by atoms with Gasteiger partial charge in [-0.2, -0.15) is 10.4 Å². The molecule has 1 aliphatic heterocycles. The molecule has 1 aromatic heterocycles. The van der Waals surface area contributed by atoms with Crippen LogP contribution in [0.3, 0.4) is 0 Å². The standard InChI is InChI=1S/C11H14N4OS/c1-15-10(8(6-12)7-13-15)14-11(16)9-4-2-3-5-17-9/h7,9H,2-5H2,1H3,(H,14,16). The lowest BCUT2D eigenvalue weighted by Crippen LogP contribution is -2.28. The summed E-state index contributed by atoms with van der Waals surface area (Å²) < 4.78 is 1.52. The maximum atomic E-state index is 12.0. The van der Waals surface area contributed by atoms with Gasteiger partial charge >= 0.3 is 0 Å². The third-order valence-corrected chi connectivity index (χ3v) is 4.15. The molecule has 1 N–H and O–H groups in total. The first-order valence-electron chi connectivity index (χ1n) is 5.57. The van der Waals surface area contributed by atoms with Crippen molar-refractivity contribution in [1.82, 2.24) is 9.78 Å². The lowest BCUT2D eigenvalue weighted by atomic mass is 10.2. The van der Waals surface area contributed by atoms with E-state index in [9.17, 15) is 4.79 Å². The van der Waals surface area contributed by atoms with Crippen LogP contribution in [-0.4, -0.2) is 26.7 Å². The maximum absolute atomic E-state index is 12.0. The molecule has 2 heterocycles. The molecular weight excluding hydrogens is 236 g/mol. The van der Waals surface area contributed by atoms with Crippen molar-refractivity contribution in [3.05, 3.63) is 11.8 Å². The van der Waals surface area contributed by atoms with Crippen molar-refractivity contribution in [3.63, 3.8) is 0 Å². The molecular formula is C11H14N4OS. The van der Waals surface area contributed by atoms with E-state index in [4.69, 9.17) is 5.26 Å². The average molecular weight is 250 g/mol. The average Bonchev–Trinajstić information content (AvgIpc) is 2.71. The highest BCUT2D eigenvalue weighted by atomic mass is 32.2. The fourth-order valence-electron chi connectivity index (χ4n) is 1.81. The minimum absolute atomic E-state index is 0.00481. The lowest BCUT2D eigenvalue weighted by Gasteiger charge is -2.20. The van der Waals surface area contributed by atoms with E-state index >= 15 is 0 Å². The van der Waals surface area contributed by atoms with Gasteiger partial charge in [0.25, 0.3) is 0 Å². The molecule has 1 aliphatic rings. The molecule has 6 heteroatoms. The van der Waals surface area contributed by atoms with Gasteiger partial charge in [-0.05, 0) is 18.6 Å². The van der Waals surface area contributed by atoms with E-state index < -0.39 is 0 Å². The first-order valence-corrected chi connectivity index (χ1v) is 6.62. The van der Waals surface area contributed by atoms with Crippen molar-refractivity contribution in [2.24, 2.45) is 7.05 Å². The van der Waals surface area contributed by atoms with Crippen LogP contribution in [-0.2, 0) is 11.8 Å². The second-order valence-corrected chi connectivity index (χ2v) is 5.30. The van der Waals surface area contributed by atoms with Crippen LogP contribution in [0.15, 0.2) is 6.20 Å². The van der Waals surface area contributed by atoms with Crippen LogP contribution in [0, 0.1) is 11.3 Å². The Morgan fingerprint density at radius 1 is 1.71 bits per heavy atom. The van der Waals surface area contributed by atoms with Crippen LogP contribution in [0.1, 0.15) is 24.8 Å². The van der Waals surface area contributed by atoms with E-state index in [0.717, 1.165) is 18.6 Å². The number of rotatable bonds is 2. The molecule has 1 atom stereocenters.